The van der Waals surface area contributed by atoms with Crippen LogP contribution in [0.25, 0.3) is 45.0 Å². The maximum Gasteiger partial charge on any atom is 2.00 e. The van der Waals surface area contributed by atoms with E-state index in [-0.39, 0.29) is 56.2 Å². The topological polar surface area (TPSA) is 106 Å². The molecule has 6 aromatic carbocycles. The van der Waals surface area contributed by atoms with Gasteiger partial charge in [0.1, 0.15) is 34.5 Å². The average Bonchev–Trinajstić information content (AvgIpc) is 0.900. The maximum atomic E-state index is 8.35. The smallest absolute Gasteiger partial charge is 2.00 e. The molecular weight excluding hydrogens is 1500 g/mol. The molecule has 448 valence electrons. The normalized spacial score (nSPS) is 13.0. The van der Waals surface area contributed by atoms with E-state index in [9.17, 15) is 0 Å². The van der Waals surface area contributed by atoms with Crippen molar-refractivity contribution in [3.63, 3.8) is 0 Å². The van der Waals surface area contributed by atoms with E-state index in [2.05, 4.69) is 180 Å². The molecule has 0 radical (unpaired) electrons. The van der Waals surface area contributed by atoms with Crippen molar-refractivity contribution in [3.8, 4) is 91.0 Å². The second-order valence-corrected chi connectivity index (χ2v) is 29.5. The molecule has 0 saturated carbocycles. The third kappa shape index (κ3) is 12.9. The largest absolute Gasteiger partial charge is 2.00 e. The van der Waals surface area contributed by atoms with Crippen molar-refractivity contribution in [2.45, 2.75) is 105 Å². The van der Waals surface area contributed by atoms with Gasteiger partial charge in [-0.1, -0.05) is 119 Å². The molecule has 8 heterocycles. The summed E-state index contributed by atoms with van der Waals surface area (Å²) in [5, 5.41) is 0. The number of hydrogen-bond acceptors (Lipinski definition) is 9. The van der Waals surface area contributed by atoms with Crippen LogP contribution < -0.4 is 51.7 Å². The van der Waals surface area contributed by atoms with E-state index in [1.165, 1.54) is 22.3 Å². The fourth-order valence-electron chi connectivity index (χ4n) is 11.5. The summed E-state index contributed by atoms with van der Waals surface area (Å²) in [5.41, 5.74) is 19.0. The van der Waals surface area contributed by atoms with Crippen molar-refractivity contribution in [1.82, 2.24) is 19.9 Å². The number of fused-ring (bicyclic) bond motifs is 8. The zero-order chi connectivity index (χ0) is 62.5. The average molecular weight is 1560 g/mol. The zero-order valence-electron chi connectivity index (χ0n) is 52.0. The number of ether oxygens (including phenoxy) is 4. The van der Waals surface area contributed by atoms with E-state index >= 15 is 0 Å². The molecule has 0 unspecified atom stereocenters. The summed E-state index contributed by atoms with van der Waals surface area (Å²) in [6.07, 6.45) is 7.59. The van der Waals surface area contributed by atoms with E-state index < -0.39 is 16.5 Å². The Morgan fingerprint density at radius 3 is 1.06 bits per heavy atom. The SMILES string of the molecule is CC(C)(C)c1ccnc(-c2[c-]c3c(cc2)Oc2cccc4c2B3c2[c-]c(-c3cc(C(C)(C)C)ccn3)ccc2O4)c1.CC(C)(C)c1ccnc(-c2ccc3c(c2)B2c4cc(-c5cc(C(C)(C)C)ccn5)ccc4Oc4cccc(c42)O3)c1.[2H][C-]=O.[Cl][Pt][Cl].[Pt+2]. The van der Waals surface area contributed by atoms with Crippen molar-refractivity contribution in [1.29, 1.82) is 0 Å². The number of hydrogen-bond donors (Lipinski definition) is 0. The number of aromatic nitrogens is 4. The molecule has 14 rings (SSSR count). The predicted octanol–water partition coefficient (Wildman–Crippen LogP) is 15.0. The number of benzene rings is 6. The van der Waals surface area contributed by atoms with E-state index in [0.717, 1.165) is 131 Å². The molecule has 0 atom stereocenters. The number of nitrogens with zero attached hydrogens (tertiary/aromatic N) is 4. The van der Waals surface area contributed by atoms with Gasteiger partial charge in [0.25, 0.3) is 6.71 Å². The first kappa shape index (κ1) is 62.5. The monoisotopic (exact) mass is 1560 g/mol. The van der Waals surface area contributed by atoms with Crippen LogP contribution in [0.15, 0.2) is 170 Å². The molecule has 4 aromatic heterocycles. The van der Waals surface area contributed by atoms with Crippen LogP contribution in [0.3, 0.4) is 0 Å². The standard InChI is InChI=1S/C36H33BN2O2.C36H31BN2O2.CHO.2ClH.2Pt/c2*1-35(2,3)24-14-16-38-28(20-24)22-10-12-30-26(18-22)37-27-19-23(29-21-25(15-17-39-29)36(4,5)6)11-13-31(27)41-33-9-7-8-32(40-30)34(33)37;1-2;;;;/h7-21H,1-6H3;7-17,20-21H,1-6H3;1H;2*1H;;/q;-2;-1;;;2*+2/p-2/i;;1D;;;;. The molecule has 9 nitrogen and oxygen atoms in total. The second-order valence-electron chi connectivity index (χ2n) is 26.2. The van der Waals surface area contributed by atoms with Crippen LogP contribution in [-0.4, -0.2) is 40.1 Å². The van der Waals surface area contributed by atoms with E-state index in [1.807, 2.05) is 85.5 Å². The van der Waals surface area contributed by atoms with E-state index in [0.29, 0.717) is 0 Å². The van der Waals surface area contributed by atoms with Crippen LogP contribution in [0.1, 0.15) is 107 Å². The van der Waals surface area contributed by atoms with Gasteiger partial charge in [-0.2, -0.15) is 1.37 Å². The van der Waals surface area contributed by atoms with Gasteiger partial charge in [-0.25, -0.2) is 0 Å². The summed E-state index contributed by atoms with van der Waals surface area (Å²) in [4.78, 5) is 27.3. The first-order valence-corrected chi connectivity index (χ1v) is 34.4. The minimum absolute atomic E-state index is 0. The molecule has 0 saturated heterocycles. The molecular formula is C73H65B2Cl2N4O5Pt2-. The van der Waals surface area contributed by atoms with Crippen molar-refractivity contribution in [2.24, 2.45) is 0 Å². The number of carbonyl (C=O) groups excluding carboxylic acids is 1. The van der Waals surface area contributed by atoms with Crippen LogP contribution >= 0.6 is 18.8 Å². The van der Waals surface area contributed by atoms with Crippen molar-refractivity contribution < 1.29 is 62.7 Å². The molecule has 0 amide bonds. The summed E-state index contributed by atoms with van der Waals surface area (Å²) in [5.74, 6) is 6.57. The number of pyridine rings is 4. The molecule has 4 aliphatic rings. The van der Waals surface area contributed by atoms with Gasteiger partial charge in [0.05, 0.1) is 11.4 Å². The Morgan fingerprint density at radius 2 is 0.716 bits per heavy atom. The van der Waals surface area contributed by atoms with Gasteiger partial charge in [-0.05, 0) is 162 Å². The molecule has 0 bridgehead atoms. The minimum Gasteiger partial charge on any atom is 2.00 e. The molecule has 15 heteroatoms. The molecule has 10 aromatic rings. The molecule has 88 heavy (non-hydrogen) atoms. The molecule has 0 aliphatic carbocycles. The zero-order valence-corrected chi connectivity index (χ0v) is 57.1. The Morgan fingerprint density at radius 1 is 0.420 bits per heavy atom. The predicted molar refractivity (Wildman–Crippen MR) is 352 cm³/mol. The summed E-state index contributed by atoms with van der Waals surface area (Å²) in [7, 11) is 9.75. The van der Waals surface area contributed by atoms with Gasteiger partial charge < -0.3 is 33.7 Å². The fraction of sp³-hybridized carbons (Fsp3) is 0.219. The quantitative estimate of drug-likeness (QED) is 0.0967. The Hall–Kier alpha value is -7.12. The maximum absolute atomic E-state index is 8.35. The minimum atomic E-state index is -0.472. The van der Waals surface area contributed by atoms with Crippen LogP contribution in [0.5, 0.6) is 46.0 Å². The Bertz CT molecular complexity index is 3790. The van der Waals surface area contributed by atoms with Gasteiger partial charge in [0, 0.05) is 47.2 Å². The summed E-state index contributed by atoms with van der Waals surface area (Å²) in [6.45, 7) is 27.2. The van der Waals surface area contributed by atoms with Gasteiger partial charge in [0.15, 0.2) is 0 Å². The summed E-state index contributed by atoms with van der Waals surface area (Å²) >= 11 is -0.472. The first-order chi connectivity index (χ1) is 41.9. The third-order valence-corrected chi connectivity index (χ3v) is 16.2. The van der Waals surface area contributed by atoms with Gasteiger partial charge in [0.2, 0.25) is 6.71 Å². The molecule has 4 aliphatic heterocycles. The van der Waals surface area contributed by atoms with Crippen LogP contribution in [0.4, 0.5) is 0 Å². The molecule has 0 N–H and O–H groups in total. The van der Waals surface area contributed by atoms with Crippen molar-refractivity contribution in [2.75, 3.05) is 0 Å². The molecule has 0 fully saturated rings. The van der Waals surface area contributed by atoms with Crippen molar-refractivity contribution in [3.05, 3.63) is 205 Å². The van der Waals surface area contributed by atoms with Gasteiger partial charge >= 0.3 is 56.4 Å². The fourth-order valence-corrected chi connectivity index (χ4v) is 11.5. The first-order valence-electron chi connectivity index (χ1n) is 29.3. The van der Waals surface area contributed by atoms with E-state index in [1.54, 1.807) is 0 Å². The van der Waals surface area contributed by atoms with E-state index in [4.69, 9.17) is 63.9 Å². The number of halogens is 2. The Balaban J connectivity index is 0.000000179. The molecule has 0 spiro atoms. The summed E-state index contributed by atoms with van der Waals surface area (Å²) in [6, 6.07) is 57.6. The van der Waals surface area contributed by atoms with Crippen LogP contribution in [0, 0.1) is 12.1 Å². The van der Waals surface area contributed by atoms with Crippen molar-refractivity contribution >= 4 is 71.8 Å². The van der Waals surface area contributed by atoms with Crippen LogP contribution in [0.2, 0.25) is 0 Å². The Kier molecular flexibility index (Phi) is 18.0. The second kappa shape index (κ2) is 25.4. The van der Waals surface area contributed by atoms with Gasteiger partial charge in [-0.15, -0.1) is 58.5 Å². The Labute approximate surface area is 550 Å². The third-order valence-electron chi connectivity index (χ3n) is 16.2. The number of rotatable bonds is 4. The van der Waals surface area contributed by atoms with Crippen LogP contribution in [-0.2, 0) is 64.0 Å². The summed E-state index contributed by atoms with van der Waals surface area (Å²) < 4.78 is 31.2. The van der Waals surface area contributed by atoms with Gasteiger partial charge in [-0.3, -0.25) is 16.7 Å².